The van der Waals surface area contributed by atoms with Gasteiger partial charge in [0.2, 0.25) is 5.91 Å². The fourth-order valence-electron chi connectivity index (χ4n) is 6.94. The second-order valence-corrected chi connectivity index (χ2v) is 17.2. The van der Waals surface area contributed by atoms with E-state index in [-0.39, 0.29) is 12.5 Å². The molecule has 0 radical (unpaired) electrons. The van der Waals surface area contributed by atoms with Crippen molar-refractivity contribution in [1.29, 1.82) is 0 Å². The van der Waals surface area contributed by atoms with Crippen LogP contribution >= 0.6 is 0 Å². The average Bonchev–Trinajstić information content (AvgIpc) is 3.32. The van der Waals surface area contributed by atoms with Gasteiger partial charge in [0, 0.05) is 6.42 Å². The summed E-state index contributed by atoms with van der Waals surface area (Å²) in [4.78, 5) is 12.4. The van der Waals surface area contributed by atoms with E-state index in [0.717, 1.165) is 109 Å². The van der Waals surface area contributed by atoms with Crippen molar-refractivity contribution in [2.24, 2.45) is 0 Å². The molecule has 0 fully saturated rings. The summed E-state index contributed by atoms with van der Waals surface area (Å²) in [5.74, 6) is -0.0913. The van der Waals surface area contributed by atoms with Crippen LogP contribution in [-0.2, 0) is 4.79 Å². The molecular weight excluding hydrogens is 807 g/mol. The second kappa shape index (κ2) is 55.3. The van der Waals surface area contributed by atoms with Gasteiger partial charge in [-0.2, -0.15) is 0 Å². The summed E-state index contributed by atoms with van der Waals surface area (Å²) in [6.07, 6.45) is 89.6. The number of rotatable bonds is 46. The molecule has 0 aromatic carbocycles. The number of unbranched alkanes of at least 4 members (excludes halogenated alkanes) is 15. The van der Waals surface area contributed by atoms with Gasteiger partial charge in [0.15, 0.2) is 0 Å². The number of carbonyl (C=O) groups is 1. The molecule has 0 rings (SSSR count). The Kier molecular flexibility index (Phi) is 52.0. The van der Waals surface area contributed by atoms with Crippen LogP contribution in [-0.4, -0.2) is 34.9 Å². The zero-order chi connectivity index (χ0) is 47.7. The molecule has 0 bridgehead atoms. The summed E-state index contributed by atoms with van der Waals surface area (Å²) in [6, 6.07) is -0.657. The van der Waals surface area contributed by atoms with Crippen LogP contribution < -0.4 is 5.32 Å². The third-order valence-corrected chi connectivity index (χ3v) is 11.0. The van der Waals surface area contributed by atoms with Crippen molar-refractivity contribution in [3.8, 4) is 0 Å². The standard InChI is InChI=1S/C62H99NO3/c1-3-5-7-9-11-13-15-17-18-19-20-21-22-23-24-25-26-27-28-29-30-31-32-33-34-35-36-37-38-39-40-41-42-43-44-46-48-50-52-54-56-58-62(66)63-60(59-64)61(65)57-55-53-51-49-47-45-16-14-12-10-8-6-4-2/h5,7,11-14,17-18,20-21,23-24,26-27,29-30,32-33,35-36,38-39,47,49,55,57,60-61,64-65H,3-4,6,8-10,15-16,19,22,25,28,31,34,37,40-46,48,50-54,56,58-59H2,1-2H3,(H,63,66)/b7-5-,13-11-,14-12+,18-17-,21-20-,24-23-,27-26-,30-29-,33-32-,36-35-,39-38-,49-47+,57-55+. The molecule has 0 aromatic heterocycles. The fraction of sp³-hybridized carbons (Fsp3) is 0.565. The van der Waals surface area contributed by atoms with E-state index in [1.165, 1.54) is 77.0 Å². The molecule has 1 amide bonds. The van der Waals surface area contributed by atoms with Gasteiger partial charge in [-0.15, -0.1) is 0 Å². The monoisotopic (exact) mass is 906 g/mol. The molecule has 4 heteroatoms. The lowest BCUT2D eigenvalue weighted by molar-refractivity contribution is -0.123. The molecule has 0 aliphatic carbocycles. The lowest BCUT2D eigenvalue weighted by atomic mass is 10.0. The lowest BCUT2D eigenvalue weighted by Gasteiger charge is -2.19. The summed E-state index contributed by atoms with van der Waals surface area (Å²) in [6.45, 7) is 4.12. The van der Waals surface area contributed by atoms with Crippen molar-refractivity contribution in [3.05, 3.63) is 158 Å². The molecule has 0 aliphatic rings. The predicted octanol–water partition coefficient (Wildman–Crippen LogP) is 17.8. The van der Waals surface area contributed by atoms with E-state index in [0.29, 0.717) is 6.42 Å². The zero-order valence-corrected chi connectivity index (χ0v) is 42.4. The van der Waals surface area contributed by atoms with Crippen molar-refractivity contribution in [3.63, 3.8) is 0 Å². The third kappa shape index (κ3) is 51.0. The van der Waals surface area contributed by atoms with Crippen LogP contribution in [0.15, 0.2) is 158 Å². The molecule has 3 N–H and O–H groups in total. The van der Waals surface area contributed by atoms with Crippen LogP contribution in [0.5, 0.6) is 0 Å². The van der Waals surface area contributed by atoms with E-state index in [1.54, 1.807) is 6.08 Å². The Balaban J connectivity index is 3.65. The highest BCUT2D eigenvalue weighted by molar-refractivity contribution is 5.76. The Hall–Kier alpha value is -3.99. The van der Waals surface area contributed by atoms with E-state index in [1.807, 2.05) is 6.08 Å². The van der Waals surface area contributed by atoms with Crippen molar-refractivity contribution in [2.75, 3.05) is 6.61 Å². The number of hydrogen-bond donors (Lipinski definition) is 3. The average molecular weight is 906 g/mol. The first-order chi connectivity index (χ1) is 32.7. The molecule has 0 spiro atoms. The largest absolute Gasteiger partial charge is 0.394 e. The van der Waals surface area contributed by atoms with Gasteiger partial charge in [0.05, 0.1) is 18.8 Å². The molecule has 4 nitrogen and oxygen atoms in total. The maximum absolute atomic E-state index is 12.4. The van der Waals surface area contributed by atoms with Crippen LogP contribution in [0, 0.1) is 0 Å². The van der Waals surface area contributed by atoms with Gasteiger partial charge in [-0.3, -0.25) is 4.79 Å². The molecular formula is C62H99NO3. The van der Waals surface area contributed by atoms with Gasteiger partial charge < -0.3 is 15.5 Å². The first kappa shape index (κ1) is 62.0. The van der Waals surface area contributed by atoms with Crippen LogP contribution in [0.1, 0.15) is 206 Å². The maximum Gasteiger partial charge on any atom is 0.220 e. The normalized spacial score (nSPS) is 14.2. The number of nitrogens with one attached hydrogen (secondary N) is 1. The number of allylic oxidation sites excluding steroid dienone is 25. The van der Waals surface area contributed by atoms with E-state index < -0.39 is 12.1 Å². The third-order valence-electron chi connectivity index (χ3n) is 11.0. The van der Waals surface area contributed by atoms with Gasteiger partial charge in [-0.25, -0.2) is 0 Å². The van der Waals surface area contributed by atoms with Gasteiger partial charge in [-0.05, 0) is 122 Å². The van der Waals surface area contributed by atoms with Crippen molar-refractivity contribution < 1.29 is 15.0 Å². The first-order valence-electron chi connectivity index (χ1n) is 26.7. The lowest BCUT2D eigenvalue weighted by Crippen LogP contribution is -2.45. The minimum absolute atomic E-state index is 0.0913. The molecule has 0 heterocycles. The molecule has 66 heavy (non-hydrogen) atoms. The maximum atomic E-state index is 12.4. The second-order valence-electron chi connectivity index (χ2n) is 17.2. The van der Waals surface area contributed by atoms with Gasteiger partial charge >= 0.3 is 0 Å². The highest BCUT2D eigenvalue weighted by atomic mass is 16.3. The zero-order valence-electron chi connectivity index (χ0n) is 42.4. The van der Waals surface area contributed by atoms with Crippen molar-refractivity contribution in [2.45, 2.75) is 219 Å². The summed E-state index contributed by atoms with van der Waals surface area (Å²) in [5, 5.41) is 23.0. The summed E-state index contributed by atoms with van der Waals surface area (Å²) in [7, 11) is 0. The van der Waals surface area contributed by atoms with E-state index >= 15 is 0 Å². The van der Waals surface area contributed by atoms with E-state index in [9.17, 15) is 15.0 Å². The molecule has 0 aromatic rings. The number of aliphatic hydroxyl groups is 2. The van der Waals surface area contributed by atoms with Crippen LogP contribution in [0.3, 0.4) is 0 Å². The minimum atomic E-state index is -0.881. The SMILES string of the molecule is CC/C=C\C/C=C\C/C=C\C/C=C\C/C=C\C/C=C\C/C=C\C/C=C\C/C=C\C/C=C\CCCCCCCCCCCCC(=O)NC(CO)C(O)/C=C/CC/C=C/CC/C=C/CCCCC. The molecule has 370 valence electrons. The van der Waals surface area contributed by atoms with Gasteiger partial charge in [0.25, 0.3) is 0 Å². The Labute approximate surface area is 407 Å². The molecule has 2 unspecified atom stereocenters. The highest BCUT2D eigenvalue weighted by Crippen LogP contribution is 2.13. The van der Waals surface area contributed by atoms with Gasteiger partial charge in [0.1, 0.15) is 0 Å². The first-order valence-corrected chi connectivity index (χ1v) is 26.7. The summed E-state index contributed by atoms with van der Waals surface area (Å²) < 4.78 is 0. The van der Waals surface area contributed by atoms with Crippen molar-refractivity contribution in [1.82, 2.24) is 5.32 Å². The fourth-order valence-corrected chi connectivity index (χ4v) is 6.94. The van der Waals surface area contributed by atoms with E-state index in [4.69, 9.17) is 0 Å². The highest BCUT2D eigenvalue weighted by Gasteiger charge is 2.17. The predicted molar refractivity (Wildman–Crippen MR) is 294 cm³/mol. The van der Waals surface area contributed by atoms with Crippen LogP contribution in [0.25, 0.3) is 0 Å². The molecule has 0 aliphatic heterocycles. The Morgan fingerprint density at radius 3 is 1.06 bits per heavy atom. The quantitative estimate of drug-likeness (QED) is 0.0421. The van der Waals surface area contributed by atoms with Crippen LogP contribution in [0.2, 0.25) is 0 Å². The van der Waals surface area contributed by atoms with Crippen LogP contribution in [0.4, 0.5) is 0 Å². The number of hydrogen-bond acceptors (Lipinski definition) is 3. The summed E-state index contributed by atoms with van der Waals surface area (Å²) in [5.41, 5.74) is 0. The Bertz CT molecular complexity index is 1440. The smallest absolute Gasteiger partial charge is 0.220 e. The van der Waals surface area contributed by atoms with Crippen molar-refractivity contribution >= 4 is 5.91 Å². The summed E-state index contributed by atoms with van der Waals surface area (Å²) >= 11 is 0. The Morgan fingerprint density at radius 2 is 0.682 bits per heavy atom. The van der Waals surface area contributed by atoms with Gasteiger partial charge in [-0.1, -0.05) is 236 Å². The number of aliphatic hydroxyl groups excluding tert-OH is 2. The molecule has 2 atom stereocenters. The molecule has 0 saturated carbocycles. The number of carbonyl (C=O) groups excluding carboxylic acids is 1. The Morgan fingerprint density at radius 1 is 0.379 bits per heavy atom. The molecule has 0 saturated heterocycles. The topological polar surface area (TPSA) is 69.6 Å². The van der Waals surface area contributed by atoms with E-state index in [2.05, 4.69) is 165 Å². The number of amides is 1. The minimum Gasteiger partial charge on any atom is -0.394 e.